The summed E-state index contributed by atoms with van der Waals surface area (Å²) in [6.07, 6.45) is 0. The fraction of sp³-hybridized carbons (Fsp3) is 0.188. The number of aromatic carboxylic acids is 1. The molecule has 1 N–H and O–H groups in total. The fourth-order valence-corrected chi connectivity index (χ4v) is 3.30. The standard InChI is InChI=1S/C16H15NO5S/c1-22-12-8-6-11(7-9-12)15(10-17(20)21)23-14-5-3-2-4-13(14)16(18)19/h2-9,15H,10H2,1H3,(H,18,19). The third kappa shape index (κ3) is 4.46. The van der Waals surface area contributed by atoms with E-state index in [0.29, 0.717) is 10.6 Å². The van der Waals surface area contributed by atoms with E-state index in [-0.39, 0.29) is 12.1 Å². The van der Waals surface area contributed by atoms with Gasteiger partial charge in [0.05, 0.1) is 17.9 Å². The molecular weight excluding hydrogens is 318 g/mol. The molecule has 6 nitrogen and oxygen atoms in total. The van der Waals surface area contributed by atoms with E-state index in [9.17, 15) is 20.0 Å². The molecule has 0 aromatic heterocycles. The average molecular weight is 333 g/mol. The van der Waals surface area contributed by atoms with E-state index in [0.717, 1.165) is 5.56 Å². The lowest BCUT2D eigenvalue weighted by Crippen LogP contribution is -2.10. The first-order valence-electron chi connectivity index (χ1n) is 6.76. The highest BCUT2D eigenvalue weighted by molar-refractivity contribution is 7.99. The number of rotatable bonds is 7. The molecule has 0 heterocycles. The summed E-state index contributed by atoms with van der Waals surface area (Å²) < 4.78 is 5.08. The van der Waals surface area contributed by atoms with Crippen molar-refractivity contribution in [2.24, 2.45) is 0 Å². The Labute approximate surface area is 137 Å². The fourth-order valence-electron chi connectivity index (χ4n) is 2.06. The molecule has 0 aliphatic carbocycles. The maximum Gasteiger partial charge on any atom is 0.336 e. The van der Waals surface area contributed by atoms with Gasteiger partial charge in [-0.3, -0.25) is 10.1 Å². The minimum atomic E-state index is -1.05. The molecule has 0 amide bonds. The first kappa shape index (κ1) is 16.8. The Balaban J connectivity index is 2.32. The van der Waals surface area contributed by atoms with Crippen LogP contribution in [0, 0.1) is 10.1 Å². The van der Waals surface area contributed by atoms with Crippen molar-refractivity contribution in [3.05, 3.63) is 69.8 Å². The van der Waals surface area contributed by atoms with E-state index < -0.39 is 16.1 Å². The second-order valence-electron chi connectivity index (χ2n) is 4.70. The smallest absolute Gasteiger partial charge is 0.336 e. The summed E-state index contributed by atoms with van der Waals surface area (Å²) in [4.78, 5) is 22.4. The number of nitrogens with zero attached hydrogens (tertiary/aromatic N) is 1. The lowest BCUT2D eigenvalue weighted by atomic mass is 10.1. The number of carbonyl (C=O) groups is 1. The molecule has 0 fully saturated rings. The number of ether oxygens (including phenoxy) is 1. The maximum absolute atomic E-state index is 11.3. The zero-order chi connectivity index (χ0) is 16.8. The van der Waals surface area contributed by atoms with Gasteiger partial charge in [0.2, 0.25) is 6.54 Å². The molecule has 120 valence electrons. The molecule has 2 aromatic rings. The van der Waals surface area contributed by atoms with Crippen LogP contribution in [0.5, 0.6) is 5.75 Å². The lowest BCUT2D eigenvalue weighted by molar-refractivity contribution is -0.479. The van der Waals surface area contributed by atoms with Gasteiger partial charge in [0.25, 0.3) is 0 Å². The van der Waals surface area contributed by atoms with Crippen LogP contribution in [0.3, 0.4) is 0 Å². The van der Waals surface area contributed by atoms with E-state index in [1.54, 1.807) is 49.6 Å². The third-order valence-electron chi connectivity index (χ3n) is 3.19. The Kier molecular flexibility index (Phi) is 5.59. The SMILES string of the molecule is COc1ccc(C(C[N+](=O)[O-])Sc2ccccc2C(=O)O)cc1. The van der Waals surface area contributed by atoms with E-state index >= 15 is 0 Å². The number of nitro groups is 1. The first-order valence-corrected chi connectivity index (χ1v) is 7.64. The van der Waals surface area contributed by atoms with Crippen LogP contribution in [0.25, 0.3) is 0 Å². The highest BCUT2D eigenvalue weighted by Gasteiger charge is 2.22. The topological polar surface area (TPSA) is 89.7 Å². The summed E-state index contributed by atoms with van der Waals surface area (Å²) in [6.45, 7) is -0.301. The highest BCUT2D eigenvalue weighted by Crippen LogP contribution is 2.37. The number of methoxy groups -OCH3 is 1. The molecule has 2 aromatic carbocycles. The van der Waals surface area contributed by atoms with Crippen LogP contribution in [0.15, 0.2) is 53.4 Å². The molecule has 7 heteroatoms. The van der Waals surface area contributed by atoms with Crippen molar-refractivity contribution >= 4 is 17.7 Å². The highest BCUT2D eigenvalue weighted by atomic mass is 32.2. The summed E-state index contributed by atoms with van der Waals surface area (Å²) in [5.41, 5.74) is 0.882. The van der Waals surface area contributed by atoms with Gasteiger partial charge in [-0.15, -0.1) is 11.8 Å². The quantitative estimate of drug-likeness (QED) is 0.474. The number of hydrogen-bond acceptors (Lipinski definition) is 5. The van der Waals surface area contributed by atoms with Crippen LogP contribution < -0.4 is 4.74 Å². The molecule has 2 rings (SSSR count). The Hall–Kier alpha value is -2.54. The van der Waals surface area contributed by atoms with E-state index in [1.807, 2.05) is 0 Å². The molecule has 1 atom stereocenters. The number of benzene rings is 2. The molecule has 0 saturated carbocycles. The normalized spacial score (nSPS) is 11.7. The van der Waals surface area contributed by atoms with Gasteiger partial charge >= 0.3 is 5.97 Å². The zero-order valence-corrected chi connectivity index (χ0v) is 13.2. The lowest BCUT2D eigenvalue weighted by Gasteiger charge is -2.15. The third-order valence-corrected chi connectivity index (χ3v) is 4.50. The zero-order valence-electron chi connectivity index (χ0n) is 12.3. The summed E-state index contributed by atoms with van der Waals surface area (Å²) in [5.74, 6) is -0.396. The van der Waals surface area contributed by atoms with Gasteiger partial charge in [-0.25, -0.2) is 4.79 Å². The summed E-state index contributed by atoms with van der Waals surface area (Å²) in [7, 11) is 1.54. The number of hydrogen-bond donors (Lipinski definition) is 1. The number of thioether (sulfide) groups is 1. The van der Waals surface area contributed by atoms with Crippen LogP contribution in [0.2, 0.25) is 0 Å². The van der Waals surface area contributed by atoms with Crippen molar-refractivity contribution in [1.82, 2.24) is 0 Å². The van der Waals surface area contributed by atoms with Gasteiger partial charge in [0, 0.05) is 9.82 Å². The van der Waals surface area contributed by atoms with Crippen molar-refractivity contribution in [3.63, 3.8) is 0 Å². The molecular formula is C16H15NO5S. The molecule has 0 bridgehead atoms. The Morgan fingerprint density at radius 1 is 1.26 bits per heavy atom. The second-order valence-corrected chi connectivity index (χ2v) is 5.94. The number of carboxylic acid groups (broad SMARTS) is 1. The maximum atomic E-state index is 11.3. The Bertz CT molecular complexity index is 702. The predicted molar refractivity (Wildman–Crippen MR) is 86.9 cm³/mol. The average Bonchev–Trinajstić information content (AvgIpc) is 2.54. The minimum absolute atomic E-state index is 0.138. The van der Waals surface area contributed by atoms with E-state index in [2.05, 4.69) is 0 Å². The van der Waals surface area contributed by atoms with Crippen LogP contribution in [0.4, 0.5) is 0 Å². The van der Waals surface area contributed by atoms with Crippen molar-refractivity contribution < 1.29 is 19.6 Å². The molecule has 0 saturated heterocycles. The summed E-state index contributed by atoms with van der Waals surface area (Å²) in [5, 5.41) is 19.7. The van der Waals surface area contributed by atoms with Gasteiger partial charge in [-0.2, -0.15) is 0 Å². The monoisotopic (exact) mass is 333 g/mol. The van der Waals surface area contributed by atoms with Gasteiger partial charge in [-0.1, -0.05) is 24.3 Å². The van der Waals surface area contributed by atoms with Gasteiger partial charge in [0.15, 0.2) is 0 Å². The second kappa shape index (κ2) is 7.64. The Morgan fingerprint density at radius 2 is 1.91 bits per heavy atom. The van der Waals surface area contributed by atoms with Crippen LogP contribution in [-0.2, 0) is 0 Å². The summed E-state index contributed by atoms with van der Waals surface area (Å²) >= 11 is 1.18. The van der Waals surface area contributed by atoms with Crippen molar-refractivity contribution in [2.75, 3.05) is 13.7 Å². The molecule has 23 heavy (non-hydrogen) atoms. The van der Waals surface area contributed by atoms with Gasteiger partial charge < -0.3 is 9.84 Å². The molecule has 0 aliphatic heterocycles. The largest absolute Gasteiger partial charge is 0.497 e. The van der Waals surface area contributed by atoms with Crippen LogP contribution in [-0.4, -0.2) is 29.7 Å². The Morgan fingerprint density at radius 3 is 2.48 bits per heavy atom. The van der Waals surface area contributed by atoms with Crippen molar-refractivity contribution in [3.8, 4) is 5.75 Å². The minimum Gasteiger partial charge on any atom is -0.497 e. The van der Waals surface area contributed by atoms with Crippen LogP contribution in [0.1, 0.15) is 21.2 Å². The predicted octanol–water partition coefficient (Wildman–Crippen LogP) is 3.50. The van der Waals surface area contributed by atoms with E-state index in [1.165, 1.54) is 17.8 Å². The van der Waals surface area contributed by atoms with Crippen molar-refractivity contribution in [1.29, 1.82) is 0 Å². The first-order chi connectivity index (χ1) is 11.0. The summed E-state index contributed by atoms with van der Waals surface area (Å²) in [6, 6.07) is 13.5. The van der Waals surface area contributed by atoms with E-state index in [4.69, 9.17) is 4.74 Å². The molecule has 0 spiro atoms. The number of carboxylic acids is 1. The molecule has 1 unspecified atom stereocenters. The molecule has 0 radical (unpaired) electrons. The van der Waals surface area contributed by atoms with Crippen LogP contribution >= 0.6 is 11.8 Å². The van der Waals surface area contributed by atoms with Gasteiger partial charge in [0.1, 0.15) is 5.75 Å². The van der Waals surface area contributed by atoms with Crippen molar-refractivity contribution in [2.45, 2.75) is 10.1 Å². The molecule has 0 aliphatic rings. The van der Waals surface area contributed by atoms with Gasteiger partial charge in [-0.05, 0) is 29.8 Å².